The molecule has 1 fully saturated rings. The average Bonchev–Trinajstić information content (AvgIpc) is 3.24. The molecule has 0 amide bonds. The number of carboxylic acids is 1. The topological polar surface area (TPSA) is 130 Å². The molecule has 1 aliphatic heterocycles. The third-order valence-electron chi connectivity index (χ3n) is 6.47. The van der Waals surface area contributed by atoms with Crippen LogP contribution in [0.15, 0.2) is 54.6 Å². The first-order chi connectivity index (χ1) is 19.5. The zero-order chi connectivity index (χ0) is 30.0. The summed E-state index contributed by atoms with van der Waals surface area (Å²) in [5, 5.41) is 19.7. The summed E-state index contributed by atoms with van der Waals surface area (Å²) < 4.78 is 34.2. The van der Waals surface area contributed by atoms with Gasteiger partial charge in [-0.2, -0.15) is 0 Å². The van der Waals surface area contributed by atoms with Crippen LogP contribution in [0.3, 0.4) is 0 Å². The highest BCUT2D eigenvalue weighted by Gasteiger charge is 2.45. The fourth-order valence-corrected chi connectivity index (χ4v) is 4.69. The number of hydrogen-bond acceptors (Lipinski definition) is 9. The van der Waals surface area contributed by atoms with Crippen molar-refractivity contribution in [1.29, 1.82) is 0 Å². The monoisotopic (exact) mass is 572 g/mol. The van der Waals surface area contributed by atoms with Gasteiger partial charge in [-0.1, -0.05) is 24.3 Å². The Balaban J connectivity index is 1.81. The third kappa shape index (κ3) is 9.29. The van der Waals surface area contributed by atoms with Gasteiger partial charge < -0.3 is 38.6 Å². The standard InChI is InChI=1S/C31H40O10/c1-20(32)11-9-15-24(39-30(35)21-12-7-6-8-13-21)28-25(40-31(2,3)41-28)16-10-14-22-17-23(37-5)18-26(38-19-36-4)27(22)29(33)34/h6-9,12-13,15,17-18,20,24-25,28,32H,10-11,14,16,19H2,1-5H3,(H,33,34)/b15-9-/t20-,24?,25-,28?/m0/s1. The largest absolute Gasteiger partial charge is 0.497 e. The molecule has 1 heterocycles. The number of ether oxygens (including phenoxy) is 6. The zero-order valence-corrected chi connectivity index (χ0v) is 24.2. The molecule has 0 saturated carbocycles. The molecule has 1 saturated heterocycles. The second-order valence-electron chi connectivity index (χ2n) is 10.3. The Morgan fingerprint density at radius 3 is 2.49 bits per heavy atom. The summed E-state index contributed by atoms with van der Waals surface area (Å²) in [5.74, 6) is -1.94. The Bertz CT molecular complexity index is 1170. The van der Waals surface area contributed by atoms with Crippen molar-refractivity contribution in [1.82, 2.24) is 0 Å². The van der Waals surface area contributed by atoms with Crippen LogP contribution < -0.4 is 9.47 Å². The first-order valence-corrected chi connectivity index (χ1v) is 13.6. The maximum Gasteiger partial charge on any atom is 0.339 e. The lowest BCUT2D eigenvalue weighted by Crippen LogP contribution is -2.37. The van der Waals surface area contributed by atoms with Gasteiger partial charge in [-0.05, 0) is 76.3 Å². The van der Waals surface area contributed by atoms with Crippen LogP contribution in [-0.4, -0.2) is 73.4 Å². The van der Waals surface area contributed by atoms with Gasteiger partial charge in [-0.15, -0.1) is 0 Å². The molecular weight excluding hydrogens is 532 g/mol. The normalized spacial score (nSPS) is 19.6. The van der Waals surface area contributed by atoms with Crippen LogP contribution in [0.5, 0.6) is 11.5 Å². The van der Waals surface area contributed by atoms with Crippen molar-refractivity contribution in [3.05, 3.63) is 71.3 Å². The number of carboxylic acid groups (broad SMARTS) is 1. The van der Waals surface area contributed by atoms with E-state index in [0.29, 0.717) is 42.6 Å². The summed E-state index contributed by atoms with van der Waals surface area (Å²) in [6, 6.07) is 11.9. The predicted octanol–water partition coefficient (Wildman–Crippen LogP) is 4.77. The van der Waals surface area contributed by atoms with Crippen molar-refractivity contribution in [2.24, 2.45) is 0 Å². The lowest BCUT2D eigenvalue weighted by molar-refractivity contribution is -0.153. The van der Waals surface area contributed by atoms with Crippen LogP contribution in [0.2, 0.25) is 0 Å². The molecule has 0 radical (unpaired) electrons. The highest BCUT2D eigenvalue weighted by Crippen LogP contribution is 2.35. The fraction of sp³-hybridized carbons (Fsp3) is 0.484. The van der Waals surface area contributed by atoms with Gasteiger partial charge in [0.1, 0.15) is 29.3 Å². The average molecular weight is 573 g/mol. The molecule has 2 aromatic rings. The van der Waals surface area contributed by atoms with E-state index in [2.05, 4.69) is 0 Å². The van der Waals surface area contributed by atoms with E-state index in [-0.39, 0.29) is 18.1 Å². The number of benzene rings is 2. The van der Waals surface area contributed by atoms with Gasteiger partial charge in [0.2, 0.25) is 0 Å². The maximum atomic E-state index is 13.0. The van der Waals surface area contributed by atoms with Gasteiger partial charge in [-0.3, -0.25) is 0 Å². The summed E-state index contributed by atoms with van der Waals surface area (Å²) >= 11 is 0. The molecule has 2 N–H and O–H groups in total. The molecule has 4 atom stereocenters. The number of carbonyl (C=O) groups excluding carboxylic acids is 1. The second-order valence-corrected chi connectivity index (χ2v) is 10.3. The Morgan fingerprint density at radius 2 is 1.85 bits per heavy atom. The van der Waals surface area contributed by atoms with E-state index in [0.717, 1.165) is 0 Å². The Labute approximate surface area is 240 Å². The first-order valence-electron chi connectivity index (χ1n) is 13.6. The number of rotatable bonds is 15. The first kappa shape index (κ1) is 32.1. The van der Waals surface area contributed by atoms with Crippen LogP contribution >= 0.6 is 0 Å². The van der Waals surface area contributed by atoms with Crippen LogP contribution in [0.4, 0.5) is 0 Å². The molecule has 10 nitrogen and oxygen atoms in total. The number of hydrogen-bond donors (Lipinski definition) is 2. The number of carbonyl (C=O) groups is 2. The molecule has 2 unspecified atom stereocenters. The van der Waals surface area contributed by atoms with E-state index in [1.807, 2.05) is 6.07 Å². The minimum atomic E-state index is -1.12. The van der Waals surface area contributed by atoms with E-state index in [9.17, 15) is 19.8 Å². The van der Waals surface area contributed by atoms with Gasteiger partial charge in [0.15, 0.2) is 12.6 Å². The number of esters is 1. The molecule has 0 aliphatic carbocycles. The van der Waals surface area contributed by atoms with Crippen molar-refractivity contribution in [3.8, 4) is 11.5 Å². The number of methoxy groups -OCH3 is 2. The molecule has 0 spiro atoms. The van der Waals surface area contributed by atoms with Gasteiger partial charge in [0, 0.05) is 13.2 Å². The summed E-state index contributed by atoms with van der Waals surface area (Å²) in [7, 11) is 2.95. The molecule has 2 aromatic carbocycles. The van der Waals surface area contributed by atoms with Gasteiger partial charge in [-0.25, -0.2) is 9.59 Å². The van der Waals surface area contributed by atoms with Crippen molar-refractivity contribution in [3.63, 3.8) is 0 Å². The molecule has 41 heavy (non-hydrogen) atoms. The number of aryl methyl sites for hydroxylation is 1. The molecule has 0 bridgehead atoms. The van der Waals surface area contributed by atoms with E-state index >= 15 is 0 Å². The Morgan fingerprint density at radius 1 is 1.12 bits per heavy atom. The molecular formula is C31H40O10. The maximum absolute atomic E-state index is 13.0. The van der Waals surface area contributed by atoms with Crippen LogP contribution in [0.1, 0.15) is 66.3 Å². The van der Waals surface area contributed by atoms with E-state index in [1.54, 1.807) is 63.3 Å². The number of aliphatic hydroxyl groups is 1. The van der Waals surface area contributed by atoms with Crippen LogP contribution in [0.25, 0.3) is 0 Å². The molecule has 10 heteroatoms. The van der Waals surface area contributed by atoms with E-state index < -0.39 is 42.1 Å². The van der Waals surface area contributed by atoms with E-state index in [4.69, 9.17) is 28.4 Å². The molecule has 3 rings (SSSR count). The zero-order valence-electron chi connectivity index (χ0n) is 24.2. The number of aliphatic hydroxyl groups excluding tert-OH is 1. The summed E-state index contributed by atoms with van der Waals surface area (Å²) in [4.78, 5) is 25.1. The Hall–Kier alpha value is -3.44. The predicted molar refractivity (Wildman–Crippen MR) is 150 cm³/mol. The minimum absolute atomic E-state index is 0.0408. The van der Waals surface area contributed by atoms with Crippen molar-refractivity contribution in [2.75, 3.05) is 21.0 Å². The van der Waals surface area contributed by atoms with Crippen LogP contribution in [0, 0.1) is 0 Å². The fourth-order valence-electron chi connectivity index (χ4n) is 4.69. The van der Waals surface area contributed by atoms with Gasteiger partial charge in [0.05, 0.1) is 24.9 Å². The lowest BCUT2D eigenvalue weighted by atomic mass is 9.96. The smallest absolute Gasteiger partial charge is 0.339 e. The molecule has 0 aromatic heterocycles. The lowest BCUT2D eigenvalue weighted by Gasteiger charge is -2.25. The highest BCUT2D eigenvalue weighted by atomic mass is 16.8. The summed E-state index contributed by atoms with van der Waals surface area (Å²) in [6.45, 7) is 5.15. The molecule has 1 aliphatic rings. The van der Waals surface area contributed by atoms with Crippen molar-refractivity contribution < 1.29 is 48.2 Å². The quantitative estimate of drug-likeness (QED) is 0.175. The summed E-state index contributed by atoms with van der Waals surface area (Å²) in [5.41, 5.74) is 0.988. The SMILES string of the molecule is COCOc1cc(OC)cc(CCC[C@@H]2OC(C)(C)OC2C(/C=C\C[C@H](C)O)OC(=O)c2ccccc2)c1C(=O)O. The van der Waals surface area contributed by atoms with Gasteiger partial charge >= 0.3 is 11.9 Å². The van der Waals surface area contributed by atoms with E-state index in [1.165, 1.54) is 20.3 Å². The van der Waals surface area contributed by atoms with Crippen molar-refractivity contribution >= 4 is 11.9 Å². The third-order valence-corrected chi connectivity index (χ3v) is 6.47. The molecule has 224 valence electrons. The highest BCUT2D eigenvalue weighted by molar-refractivity contribution is 5.93. The van der Waals surface area contributed by atoms with Crippen molar-refractivity contribution in [2.45, 2.75) is 76.7 Å². The minimum Gasteiger partial charge on any atom is -0.497 e. The second kappa shape index (κ2) is 15.0. The summed E-state index contributed by atoms with van der Waals surface area (Å²) in [6.07, 6.45) is 2.84. The number of aromatic carboxylic acids is 1. The Kier molecular flexibility index (Phi) is 11.7. The van der Waals surface area contributed by atoms with Gasteiger partial charge in [0.25, 0.3) is 0 Å². The van der Waals surface area contributed by atoms with Crippen LogP contribution in [-0.2, 0) is 25.4 Å².